The second kappa shape index (κ2) is 9.38. The quantitative estimate of drug-likeness (QED) is 0.260. The van der Waals surface area contributed by atoms with Crippen LogP contribution in [0, 0.1) is 19.3 Å². The SMILES string of the molecule is C#CCNC(=NCc1nnc(C)n1C)NCC=C.I. The summed E-state index contributed by atoms with van der Waals surface area (Å²) in [7, 11) is 1.91. The minimum atomic E-state index is 0. The molecule has 7 heteroatoms. The van der Waals surface area contributed by atoms with Crippen molar-refractivity contribution in [3.05, 3.63) is 24.3 Å². The fourth-order valence-corrected chi connectivity index (χ4v) is 1.22. The number of terminal acetylenes is 1. The van der Waals surface area contributed by atoms with Gasteiger partial charge in [0.2, 0.25) is 0 Å². The van der Waals surface area contributed by atoms with Crippen molar-refractivity contribution >= 4 is 29.9 Å². The molecular formula is C12H19IN6. The molecule has 0 spiro atoms. The maximum absolute atomic E-state index is 5.20. The standard InChI is InChI=1S/C12H18N6.HI/c1-5-7-13-12(14-8-6-2)15-9-11-17-16-10(3)18(11)4;/h1,6H,2,7-9H2,3-4H3,(H2,13,14,15);1H. The Morgan fingerprint density at radius 2 is 2.26 bits per heavy atom. The number of hydrogen-bond donors (Lipinski definition) is 2. The molecule has 0 aliphatic carbocycles. The molecule has 6 nitrogen and oxygen atoms in total. The lowest BCUT2D eigenvalue weighted by atomic mass is 10.5. The van der Waals surface area contributed by atoms with Gasteiger partial charge in [-0.15, -0.1) is 47.2 Å². The first-order valence-electron chi connectivity index (χ1n) is 5.60. The fraction of sp³-hybridized carbons (Fsp3) is 0.417. The number of guanidine groups is 1. The minimum Gasteiger partial charge on any atom is -0.353 e. The Morgan fingerprint density at radius 3 is 2.79 bits per heavy atom. The van der Waals surface area contributed by atoms with Gasteiger partial charge in [-0.05, 0) is 6.92 Å². The maximum atomic E-state index is 5.20. The molecule has 0 atom stereocenters. The summed E-state index contributed by atoms with van der Waals surface area (Å²) >= 11 is 0. The second-order valence-electron chi connectivity index (χ2n) is 3.61. The molecule has 0 aliphatic rings. The summed E-state index contributed by atoms with van der Waals surface area (Å²) in [5.41, 5.74) is 0. The van der Waals surface area contributed by atoms with Crippen LogP contribution in [0.3, 0.4) is 0 Å². The summed E-state index contributed by atoms with van der Waals surface area (Å²) in [4.78, 5) is 4.37. The van der Waals surface area contributed by atoms with Crippen LogP contribution in [-0.2, 0) is 13.6 Å². The van der Waals surface area contributed by atoms with Gasteiger partial charge >= 0.3 is 0 Å². The van der Waals surface area contributed by atoms with Gasteiger partial charge in [0.1, 0.15) is 12.4 Å². The Labute approximate surface area is 130 Å². The van der Waals surface area contributed by atoms with Gasteiger partial charge in [-0.25, -0.2) is 4.99 Å². The third-order valence-corrected chi connectivity index (χ3v) is 2.33. The van der Waals surface area contributed by atoms with Crippen LogP contribution in [-0.4, -0.2) is 33.8 Å². The third-order valence-electron chi connectivity index (χ3n) is 2.33. The van der Waals surface area contributed by atoms with Crippen LogP contribution in [0.25, 0.3) is 0 Å². The number of aliphatic imine (C=N–C) groups is 1. The summed E-state index contributed by atoms with van der Waals surface area (Å²) in [6.07, 6.45) is 6.95. The van der Waals surface area contributed by atoms with E-state index in [1.54, 1.807) is 6.08 Å². The summed E-state index contributed by atoms with van der Waals surface area (Å²) in [5, 5.41) is 14.1. The molecule has 2 N–H and O–H groups in total. The van der Waals surface area contributed by atoms with Gasteiger partial charge in [-0.2, -0.15) is 0 Å². The lowest BCUT2D eigenvalue weighted by molar-refractivity contribution is 0.765. The Bertz CT molecular complexity index is 471. The molecule has 0 fully saturated rings. The van der Waals surface area contributed by atoms with Gasteiger partial charge in [0.25, 0.3) is 0 Å². The van der Waals surface area contributed by atoms with Gasteiger partial charge in [0.05, 0.1) is 6.54 Å². The van der Waals surface area contributed by atoms with Crippen LogP contribution < -0.4 is 10.6 Å². The largest absolute Gasteiger partial charge is 0.353 e. The van der Waals surface area contributed by atoms with Crippen LogP contribution in [0.1, 0.15) is 11.6 Å². The van der Waals surface area contributed by atoms with Crippen molar-refractivity contribution in [1.82, 2.24) is 25.4 Å². The van der Waals surface area contributed by atoms with Crippen molar-refractivity contribution in [3.63, 3.8) is 0 Å². The molecule has 1 rings (SSSR count). The molecule has 0 aliphatic heterocycles. The van der Waals surface area contributed by atoms with Crippen LogP contribution in [0.5, 0.6) is 0 Å². The lowest BCUT2D eigenvalue weighted by Gasteiger charge is -2.08. The molecule has 0 aromatic carbocycles. The van der Waals surface area contributed by atoms with Crippen molar-refractivity contribution in [2.24, 2.45) is 12.0 Å². The zero-order valence-electron chi connectivity index (χ0n) is 11.2. The molecule has 0 bridgehead atoms. The van der Waals surface area contributed by atoms with Gasteiger partial charge in [-0.1, -0.05) is 12.0 Å². The van der Waals surface area contributed by atoms with Gasteiger partial charge < -0.3 is 15.2 Å². The number of hydrogen-bond acceptors (Lipinski definition) is 3. The highest BCUT2D eigenvalue weighted by molar-refractivity contribution is 14.0. The van der Waals surface area contributed by atoms with Crippen LogP contribution in [0.2, 0.25) is 0 Å². The predicted octanol–water partition coefficient (Wildman–Crippen LogP) is 0.596. The second-order valence-corrected chi connectivity index (χ2v) is 3.61. The highest BCUT2D eigenvalue weighted by Crippen LogP contribution is 1.98. The van der Waals surface area contributed by atoms with Crippen LogP contribution >= 0.6 is 24.0 Å². The Morgan fingerprint density at radius 1 is 1.53 bits per heavy atom. The molecule has 1 aromatic heterocycles. The van der Waals surface area contributed by atoms with E-state index in [-0.39, 0.29) is 24.0 Å². The molecule has 0 amide bonds. The first-order valence-corrected chi connectivity index (χ1v) is 5.60. The summed E-state index contributed by atoms with van der Waals surface area (Å²) < 4.78 is 1.90. The van der Waals surface area contributed by atoms with E-state index in [1.165, 1.54) is 0 Å². The van der Waals surface area contributed by atoms with Gasteiger partial charge in [-0.3, -0.25) is 0 Å². The van der Waals surface area contributed by atoms with Crippen molar-refractivity contribution < 1.29 is 0 Å². The smallest absolute Gasteiger partial charge is 0.192 e. The molecule has 0 saturated carbocycles. The topological polar surface area (TPSA) is 67.1 Å². The monoisotopic (exact) mass is 374 g/mol. The van der Waals surface area contributed by atoms with E-state index < -0.39 is 0 Å². The van der Waals surface area contributed by atoms with E-state index in [0.29, 0.717) is 25.6 Å². The van der Waals surface area contributed by atoms with E-state index in [9.17, 15) is 0 Å². The normalized spacial score (nSPS) is 10.3. The molecule has 1 aromatic rings. The zero-order chi connectivity index (χ0) is 13.4. The number of rotatable bonds is 5. The molecule has 0 saturated heterocycles. The first kappa shape index (κ1) is 17.4. The lowest BCUT2D eigenvalue weighted by Crippen LogP contribution is -2.37. The zero-order valence-corrected chi connectivity index (χ0v) is 13.5. The minimum absolute atomic E-state index is 0. The molecule has 104 valence electrons. The summed E-state index contributed by atoms with van der Waals surface area (Å²) in [6, 6.07) is 0. The average molecular weight is 374 g/mol. The van der Waals surface area contributed by atoms with Crippen molar-refractivity contribution in [2.75, 3.05) is 13.1 Å². The Hall–Kier alpha value is -1.56. The van der Waals surface area contributed by atoms with Crippen LogP contribution in [0.4, 0.5) is 0 Å². The van der Waals surface area contributed by atoms with E-state index >= 15 is 0 Å². The van der Waals surface area contributed by atoms with Crippen molar-refractivity contribution in [3.8, 4) is 12.3 Å². The molecular weight excluding hydrogens is 355 g/mol. The van der Waals surface area contributed by atoms with Crippen LogP contribution in [0.15, 0.2) is 17.6 Å². The van der Waals surface area contributed by atoms with Crippen molar-refractivity contribution in [1.29, 1.82) is 0 Å². The van der Waals surface area contributed by atoms with E-state index in [4.69, 9.17) is 6.42 Å². The van der Waals surface area contributed by atoms with E-state index in [1.807, 2.05) is 18.5 Å². The average Bonchev–Trinajstić information content (AvgIpc) is 2.69. The summed E-state index contributed by atoms with van der Waals surface area (Å²) in [5.74, 6) is 4.79. The maximum Gasteiger partial charge on any atom is 0.192 e. The fourth-order valence-electron chi connectivity index (χ4n) is 1.22. The van der Waals surface area contributed by atoms with Crippen molar-refractivity contribution in [2.45, 2.75) is 13.5 Å². The number of nitrogens with one attached hydrogen (secondary N) is 2. The molecule has 1 heterocycles. The van der Waals surface area contributed by atoms with E-state index in [2.05, 4.69) is 38.3 Å². The number of nitrogens with zero attached hydrogens (tertiary/aromatic N) is 4. The predicted molar refractivity (Wildman–Crippen MR) is 87.3 cm³/mol. The highest BCUT2D eigenvalue weighted by Gasteiger charge is 2.04. The molecule has 19 heavy (non-hydrogen) atoms. The first-order chi connectivity index (χ1) is 8.69. The number of aromatic nitrogens is 3. The highest BCUT2D eigenvalue weighted by atomic mass is 127. The summed E-state index contributed by atoms with van der Waals surface area (Å²) in [6.45, 7) is 7.01. The molecule has 0 radical (unpaired) electrons. The van der Waals surface area contributed by atoms with E-state index in [0.717, 1.165) is 11.6 Å². The number of aryl methyl sites for hydroxylation is 1. The Kier molecular flexibility index (Phi) is 8.61. The van der Waals surface area contributed by atoms with Gasteiger partial charge in [0, 0.05) is 13.6 Å². The number of halogens is 1. The molecule has 0 unspecified atom stereocenters. The third kappa shape index (κ3) is 5.74. The van der Waals surface area contributed by atoms with Gasteiger partial charge in [0.15, 0.2) is 11.8 Å². The Balaban J connectivity index is 0.00000324.